The van der Waals surface area contributed by atoms with Crippen LogP contribution in [0.4, 0.5) is 0 Å². The van der Waals surface area contributed by atoms with Crippen LogP contribution in [0.25, 0.3) is 0 Å². The fourth-order valence-corrected chi connectivity index (χ4v) is 0.570. The summed E-state index contributed by atoms with van der Waals surface area (Å²) >= 11 is 10.9. The number of nitrogens with one attached hydrogen (secondary N) is 2. The third-order valence-corrected chi connectivity index (χ3v) is 1.12. The van der Waals surface area contributed by atoms with Gasteiger partial charge in [0.05, 0.1) is 0 Å². The fourth-order valence-electron chi connectivity index (χ4n) is 0.349. The second-order valence-corrected chi connectivity index (χ2v) is 2.09. The van der Waals surface area contributed by atoms with Crippen molar-refractivity contribution < 1.29 is 0 Å². The van der Waals surface area contributed by atoms with Gasteiger partial charge < -0.3 is 0 Å². The van der Waals surface area contributed by atoms with Gasteiger partial charge in [-0.25, -0.2) is 0 Å². The second-order valence-electron chi connectivity index (χ2n) is 1.28. The summed E-state index contributed by atoms with van der Waals surface area (Å²) in [4.78, 5) is 0. The van der Waals surface area contributed by atoms with Crippen LogP contribution < -0.4 is 10.9 Å². The summed E-state index contributed by atoms with van der Waals surface area (Å²) in [6.45, 7) is 0. The van der Waals surface area contributed by atoms with Gasteiger partial charge in [-0.05, 0) is 12.2 Å². The molecule has 0 atom stereocenters. The minimum Gasteiger partial charge on any atom is -0.289 e. The molecular formula is C4H4Cl2N2. The van der Waals surface area contributed by atoms with Gasteiger partial charge in [-0.15, -0.1) is 0 Å². The Balaban J connectivity index is 2.65. The van der Waals surface area contributed by atoms with E-state index in [1.54, 1.807) is 12.2 Å². The number of rotatable bonds is 0. The first-order chi connectivity index (χ1) is 3.79. The van der Waals surface area contributed by atoms with E-state index in [1.807, 2.05) is 0 Å². The summed E-state index contributed by atoms with van der Waals surface area (Å²) in [7, 11) is 0. The molecule has 1 aliphatic rings. The van der Waals surface area contributed by atoms with Crippen LogP contribution in [0.5, 0.6) is 0 Å². The highest BCUT2D eigenvalue weighted by molar-refractivity contribution is 6.31. The normalized spacial score (nSPS) is 17.8. The van der Waals surface area contributed by atoms with Crippen molar-refractivity contribution in [3.63, 3.8) is 0 Å². The van der Waals surface area contributed by atoms with Gasteiger partial charge in [-0.3, -0.25) is 10.9 Å². The molecule has 0 radical (unpaired) electrons. The maximum Gasteiger partial charge on any atom is 0.120 e. The minimum absolute atomic E-state index is 0.536. The third-order valence-electron chi connectivity index (χ3n) is 0.677. The highest BCUT2D eigenvalue weighted by Crippen LogP contribution is 2.04. The summed E-state index contributed by atoms with van der Waals surface area (Å²) in [5, 5.41) is 1.07. The van der Waals surface area contributed by atoms with Crippen LogP contribution >= 0.6 is 23.2 Å². The molecule has 0 aromatic rings. The van der Waals surface area contributed by atoms with Gasteiger partial charge in [-0.2, -0.15) is 0 Å². The van der Waals surface area contributed by atoms with Gasteiger partial charge in [0.2, 0.25) is 0 Å². The Morgan fingerprint density at radius 1 is 1.00 bits per heavy atom. The lowest BCUT2D eigenvalue weighted by atomic mass is 10.5. The Hall–Kier alpha value is -0.340. The van der Waals surface area contributed by atoms with Gasteiger partial charge in [0, 0.05) is 0 Å². The van der Waals surface area contributed by atoms with Crippen LogP contribution in [-0.4, -0.2) is 0 Å². The van der Waals surface area contributed by atoms with E-state index < -0.39 is 0 Å². The summed E-state index contributed by atoms with van der Waals surface area (Å²) < 4.78 is 0. The molecule has 0 saturated heterocycles. The Morgan fingerprint density at radius 3 is 1.62 bits per heavy atom. The maximum absolute atomic E-state index is 5.47. The molecule has 0 aromatic heterocycles. The first kappa shape index (κ1) is 5.79. The molecule has 44 valence electrons. The first-order valence-electron chi connectivity index (χ1n) is 2.04. The van der Waals surface area contributed by atoms with Crippen molar-refractivity contribution in [3.8, 4) is 0 Å². The molecular weight excluding hydrogens is 147 g/mol. The molecule has 0 fully saturated rings. The summed E-state index contributed by atoms with van der Waals surface area (Å²) in [5.41, 5.74) is 5.22. The van der Waals surface area contributed by atoms with Gasteiger partial charge in [0.15, 0.2) is 0 Å². The average molecular weight is 151 g/mol. The van der Waals surface area contributed by atoms with Crippen molar-refractivity contribution in [1.82, 2.24) is 10.9 Å². The number of hydrogen-bond acceptors (Lipinski definition) is 2. The monoisotopic (exact) mass is 150 g/mol. The van der Waals surface area contributed by atoms with Crippen molar-refractivity contribution in [3.05, 3.63) is 22.5 Å². The van der Waals surface area contributed by atoms with Crippen molar-refractivity contribution >= 4 is 23.2 Å². The second kappa shape index (κ2) is 2.29. The number of halogens is 2. The maximum atomic E-state index is 5.47. The van der Waals surface area contributed by atoms with Gasteiger partial charge in [-0.1, -0.05) is 23.2 Å². The van der Waals surface area contributed by atoms with Crippen molar-refractivity contribution in [1.29, 1.82) is 0 Å². The molecule has 0 aliphatic carbocycles. The largest absolute Gasteiger partial charge is 0.289 e. The predicted octanol–water partition coefficient (Wildman–Crippen LogP) is 1.25. The lowest BCUT2D eigenvalue weighted by molar-refractivity contribution is 0.739. The third kappa shape index (κ3) is 1.32. The topological polar surface area (TPSA) is 24.1 Å². The molecule has 1 heterocycles. The SMILES string of the molecule is ClC1=CC=C(Cl)NN1. The summed E-state index contributed by atoms with van der Waals surface area (Å²) in [6, 6.07) is 0. The van der Waals surface area contributed by atoms with Gasteiger partial charge in [0.1, 0.15) is 10.3 Å². The molecule has 8 heavy (non-hydrogen) atoms. The van der Waals surface area contributed by atoms with Crippen LogP contribution in [0.15, 0.2) is 22.5 Å². The van der Waals surface area contributed by atoms with E-state index in [9.17, 15) is 0 Å². The Labute approximate surface area is 57.1 Å². The van der Waals surface area contributed by atoms with Crippen LogP contribution in [0.1, 0.15) is 0 Å². The van der Waals surface area contributed by atoms with Gasteiger partial charge in [0.25, 0.3) is 0 Å². The van der Waals surface area contributed by atoms with Crippen LogP contribution in [-0.2, 0) is 0 Å². The van der Waals surface area contributed by atoms with Crippen LogP contribution in [0, 0.1) is 0 Å². The van der Waals surface area contributed by atoms with E-state index >= 15 is 0 Å². The molecule has 0 bridgehead atoms. The molecule has 0 aromatic carbocycles. The molecule has 1 aliphatic heterocycles. The van der Waals surface area contributed by atoms with Crippen LogP contribution in [0.3, 0.4) is 0 Å². The Morgan fingerprint density at radius 2 is 1.38 bits per heavy atom. The van der Waals surface area contributed by atoms with E-state index in [4.69, 9.17) is 23.2 Å². The molecule has 0 amide bonds. The number of hydrazine groups is 1. The molecule has 0 unspecified atom stereocenters. The zero-order valence-corrected chi connectivity index (χ0v) is 5.42. The first-order valence-corrected chi connectivity index (χ1v) is 2.79. The average Bonchev–Trinajstić information content (AvgIpc) is 1.77. The van der Waals surface area contributed by atoms with Crippen molar-refractivity contribution in [2.24, 2.45) is 0 Å². The lowest BCUT2D eigenvalue weighted by Gasteiger charge is -2.09. The van der Waals surface area contributed by atoms with Gasteiger partial charge >= 0.3 is 0 Å². The highest BCUT2D eigenvalue weighted by Gasteiger charge is 1.95. The number of allylic oxidation sites excluding steroid dienone is 2. The van der Waals surface area contributed by atoms with E-state index in [1.165, 1.54) is 0 Å². The molecule has 2 nitrogen and oxygen atoms in total. The van der Waals surface area contributed by atoms with Crippen LogP contribution in [0.2, 0.25) is 0 Å². The molecule has 1 rings (SSSR count). The van der Waals surface area contributed by atoms with E-state index in [-0.39, 0.29) is 0 Å². The van der Waals surface area contributed by atoms with E-state index in [0.717, 1.165) is 0 Å². The molecule has 0 spiro atoms. The fraction of sp³-hybridized carbons (Fsp3) is 0. The quantitative estimate of drug-likeness (QED) is 0.509. The Bertz CT molecular complexity index is 132. The molecule has 4 heteroatoms. The van der Waals surface area contributed by atoms with E-state index in [2.05, 4.69) is 10.9 Å². The number of hydrogen-bond donors (Lipinski definition) is 2. The Kier molecular flexibility index (Phi) is 1.65. The summed E-state index contributed by atoms with van der Waals surface area (Å²) in [6.07, 6.45) is 3.33. The zero-order valence-electron chi connectivity index (χ0n) is 3.91. The summed E-state index contributed by atoms with van der Waals surface area (Å²) in [5.74, 6) is 0. The predicted molar refractivity (Wildman–Crippen MR) is 34.1 cm³/mol. The van der Waals surface area contributed by atoms with Crippen molar-refractivity contribution in [2.75, 3.05) is 0 Å². The smallest absolute Gasteiger partial charge is 0.120 e. The highest BCUT2D eigenvalue weighted by atomic mass is 35.5. The minimum atomic E-state index is 0.536. The van der Waals surface area contributed by atoms with Crippen molar-refractivity contribution in [2.45, 2.75) is 0 Å². The molecule has 2 N–H and O–H groups in total. The van der Waals surface area contributed by atoms with E-state index in [0.29, 0.717) is 10.3 Å². The zero-order chi connectivity index (χ0) is 5.98. The lowest BCUT2D eigenvalue weighted by Crippen LogP contribution is -2.28. The standard InChI is InChI=1S/C4H4Cl2N2/c5-3-1-2-4(6)8-7-3/h1-2,7-8H. The molecule has 0 saturated carbocycles.